The zero-order valence-electron chi connectivity index (χ0n) is 12.0. The number of anilines is 1. The van der Waals surface area contributed by atoms with Gasteiger partial charge in [0.05, 0.1) is 5.52 Å². The van der Waals surface area contributed by atoms with Gasteiger partial charge >= 0.3 is 5.97 Å². The van der Waals surface area contributed by atoms with Gasteiger partial charge in [-0.15, -0.1) is 0 Å². The molecule has 1 atom stereocenters. The Morgan fingerprint density at radius 1 is 1.45 bits per heavy atom. The van der Waals surface area contributed by atoms with E-state index < -0.39 is 11.6 Å². The van der Waals surface area contributed by atoms with Crippen LogP contribution in [-0.2, 0) is 9.53 Å². The van der Waals surface area contributed by atoms with Gasteiger partial charge in [0.2, 0.25) is 0 Å². The summed E-state index contributed by atoms with van der Waals surface area (Å²) in [5.74, 6) is -0.360. The van der Waals surface area contributed by atoms with Crippen LogP contribution < -0.4 is 5.73 Å². The standard InChI is InChI=1S/C14H18ClN3O2/c1-8(13(19)20-14(2,3)4)18-11-7-9(16)5-6-10(11)12(15)17-18/h5-8H,16H2,1-4H3. The van der Waals surface area contributed by atoms with Crippen LogP contribution in [0.1, 0.15) is 33.7 Å². The topological polar surface area (TPSA) is 70.1 Å². The molecule has 2 rings (SSSR count). The maximum Gasteiger partial charge on any atom is 0.331 e. The predicted octanol–water partition coefficient (Wildman–Crippen LogP) is 3.17. The Hall–Kier alpha value is -1.75. The molecule has 0 bridgehead atoms. The highest BCUT2D eigenvalue weighted by atomic mass is 35.5. The van der Waals surface area contributed by atoms with Crippen LogP contribution in [0.2, 0.25) is 5.15 Å². The summed E-state index contributed by atoms with van der Waals surface area (Å²) in [6.07, 6.45) is 0. The number of carbonyl (C=O) groups excluding carboxylic acids is 1. The van der Waals surface area contributed by atoms with Crippen molar-refractivity contribution in [2.24, 2.45) is 0 Å². The summed E-state index contributed by atoms with van der Waals surface area (Å²) in [5.41, 5.74) is 6.54. The number of nitrogens with zero attached hydrogens (tertiary/aromatic N) is 2. The van der Waals surface area contributed by atoms with Gasteiger partial charge < -0.3 is 10.5 Å². The molecule has 0 aliphatic rings. The second kappa shape index (κ2) is 4.98. The molecule has 0 aliphatic carbocycles. The van der Waals surface area contributed by atoms with Gasteiger partial charge in [-0.2, -0.15) is 5.10 Å². The zero-order valence-corrected chi connectivity index (χ0v) is 12.7. The van der Waals surface area contributed by atoms with Gasteiger partial charge in [-0.05, 0) is 45.9 Å². The quantitative estimate of drug-likeness (QED) is 0.682. The Bertz CT molecular complexity index is 658. The van der Waals surface area contributed by atoms with E-state index >= 15 is 0 Å². The number of ether oxygens (including phenoxy) is 1. The summed E-state index contributed by atoms with van der Waals surface area (Å²) < 4.78 is 6.91. The van der Waals surface area contributed by atoms with Crippen LogP contribution in [0.4, 0.5) is 5.69 Å². The summed E-state index contributed by atoms with van der Waals surface area (Å²) in [6, 6.07) is 4.71. The molecule has 6 heteroatoms. The summed E-state index contributed by atoms with van der Waals surface area (Å²) in [5, 5.41) is 5.31. The lowest BCUT2D eigenvalue weighted by Crippen LogP contribution is -2.29. The van der Waals surface area contributed by atoms with Crippen LogP contribution in [0.3, 0.4) is 0 Å². The van der Waals surface area contributed by atoms with Gasteiger partial charge in [0, 0.05) is 11.1 Å². The summed E-state index contributed by atoms with van der Waals surface area (Å²) in [6.45, 7) is 7.19. The first-order valence-electron chi connectivity index (χ1n) is 6.35. The fourth-order valence-electron chi connectivity index (χ4n) is 1.90. The maximum atomic E-state index is 12.1. The Labute approximate surface area is 122 Å². The van der Waals surface area contributed by atoms with Crippen molar-refractivity contribution >= 4 is 34.2 Å². The van der Waals surface area contributed by atoms with Crippen molar-refractivity contribution in [3.05, 3.63) is 23.4 Å². The molecule has 1 aromatic carbocycles. The third-order valence-corrected chi connectivity index (χ3v) is 3.08. The Balaban J connectivity index is 2.42. The Morgan fingerprint density at radius 2 is 2.10 bits per heavy atom. The first kappa shape index (κ1) is 14.7. The van der Waals surface area contributed by atoms with Crippen LogP contribution in [0.15, 0.2) is 18.2 Å². The lowest BCUT2D eigenvalue weighted by atomic mass is 10.2. The Morgan fingerprint density at radius 3 is 2.70 bits per heavy atom. The number of nitrogen functional groups attached to an aromatic ring is 1. The molecule has 0 spiro atoms. The number of carbonyl (C=O) groups is 1. The van der Waals surface area contributed by atoms with Gasteiger partial charge in [0.15, 0.2) is 5.15 Å². The second-order valence-electron chi connectivity index (χ2n) is 5.72. The number of benzene rings is 1. The summed E-state index contributed by atoms with van der Waals surface area (Å²) in [4.78, 5) is 12.1. The van der Waals surface area contributed by atoms with Crippen molar-refractivity contribution in [2.45, 2.75) is 39.3 Å². The molecular weight excluding hydrogens is 278 g/mol. The van der Waals surface area contributed by atoms with Crippen LogP contribution in [0, 0.1) is 0 Å². The fourth-order valence-corrected chi connectivity index (χ4v) is 2.14. The molecule has 0 saturated heterocycles. The molecule has 2 aromatic rings. The van der Waals surface area contributed by atoms with Gasteiger partial charge in [0.25, 0.3) is 0 Å². The molecule has 1 aromatic heterocycles. The zero-order chi connectivity index (χ0) is 15.1. The third kappa shape index (κ3) is 2.88. The molecule has 2 N–H and O–H groups in total. The molecule has 20 heavy (non-hydrogen) atoms. The van der Waals surface area contributed by atoms with E-state index in [0.717, 1.165) is 5.39 Å². The minimum absolute atomic E-state index is 0.343. The Kier molecular flexibility index (Phi) is 3.65. The third-order valence-electron chi connectivity index (χ3n) is 2.80. The average molecular weight is 296 g/mol. The summed E-state index contributed by atoms with van der Waals surface area (Å²) >= 11 is 6.09. The molecule has 0 amide bonds. The largest absolute Gasteiger partial charge is 0.458 e. The molecule has 0 saturated carbocycles. The van der Waals surface area contributed by atoms with E-state index in [-0.39, 0.29) is 5.97 Å². The molecule has 1 heterocycles. The van der Waals surface area contributed by atoms with E-state index in [4.69, 9.17) is 22.1 Å². The minimum atomic E-state index is -0.578. The molecule has 1 unspecified atom stereocenters. The van der Waals surface area contributed by atoms with E-state index in [1.165, 1.54) is 0 Å². The molecule has 0 fully saturated rings. The SMILES string of the molecule is CC(C(=O)OC(C)(C)C)n1nc(Cl)c2ccc(N)cc21. The first-order chi connectivity index (χ1) is 9.19. The van der Waals surface area contributed by atoms with Crippen LogP contribution in [0.5, 0.6) is 0 Å². The van der Waals surface area contributed by atoms with E-state index in [9.17, 15) is 4.79 Å². The van der Waals surface area contributed by atoms with Crippen LogP contribution in [0.25, 0.3) is 10.9 Å². The monoisotopic (exact) mass is 295 g/mol. The van der Waals surface area contributed by atoms with Crippen molar-refractivity contribution < 1.29 is 9.53 Å². The van der Waals surface area contributed by atoms with Gasteiger partial charge in [0.1, 0.15) is 11.6 Å². The van der Waals surface area contributed by atoms with Gasteiger partial charge in [-0.1, -0.05) is 11.6 Å². The number of aromatic nitrogens is 2. The lowest BCUT2D eigenvalue weighted by molar-refractivity contribution is -0.158. The number of rotatable bonds is 2. The van der Waals surface area contributed by atoms with Crippen molar-refractivity contribution in [1.29, 1.82) is 0 Å². The normalized spacial score (nSPS) is 13.4. The van der Waals surface area contributed by atoms with Gasteiger partial charge in [-0.3, -0.25) is 0 Å². The number of hydrogen-bond donors (Lipinski definition) is 1. The number of hydrogen-bond acceptors (Lipinski definition) is 4. The average Bonchev–Trinajstić information content (AvgIpc) is 2.63. The van der Waals surface area contributed by atoms with Crippen molar-refractivity contribution in [1.82, 2.24) is 9.78 Å². The van der Waals surface area contributed by atoms with E-state index in [0.29, 0.717) is 16.4 Å². The first-order valence-corrected chi connectivity index (χ1v) is 6.73. The van der Waals surface area contributed by atoms with Crippen LogP contribution in [-0.4, -0.2) is 21.4 Å². The number of esters is 1. The van der Waals surface area contributed by atoms with E-state index in [1.807, 2.05) is 20.8 Å². The molecule has 5 nitrogen and oxygen atoms in total. The highest BCUT2D eigenvalue weighted by Gasteiger charge is 2.25. The number of fused-ring (bicyclic) bond motifs is 1. The molecular formula is C14H18ClN3O2. The molecule has 0 radical (unpaired) electrons. The lowest BCUT2D eigenvalue weighted by Gasteiger charge is -2.22. The minimum Gasteiger partial charge on any atom is -0.458 e. The highest BCUT2D eigenvalue weighted by Crippen LogP contribution is 2.28. The fraction of sp³-hybridized carbons (Fsp3) is 0.429. The second-order valence-corrected chi connectivity index (χ2v) is 6.08. The maximum absolute atomic E-state index is 12.1. The molecule has 108 valence electrons. The smallest absolute Gasteiger partial charge is 0.331 e. The number of halogens is 1. The molecule has 0 aliphatic heterocycles. The number of nitrogens with two attached hydrogens (primary N) is 1. The predicted molar refractivity (Wildman–Crippen MR) is 79.7 cm³/mol. The summed E-state index contributed by atoms with van der Waals surface area (Å²) in [7, 11) is 0. The van der Waals surface area contributed by atoms with Crippen LogP contribution >= 0.6 is 11.6 Å². The highest BCUT2D eigenvalue weighted by molar-refractivity contribution is 6.34. The van der Waals surface area contributed by atoms with E-state index in [2.05, 4.69) is 5.10 Å². The van der Waals surface area contributed by atoms with Crippen molar-refractivity contribution in [3.63, 3.8) is 0 Å². The van der Waals surface area contributed by atoms with E-state index in [1.54, 1.807) is 29.8 Å². The van der Waals surface area contributed by atoms with Crippen molar-refractivity contribution in [2.75, 3.05) is 5.73 Å². The van der Waals surface area contributed by atoms with Crippen molar-refractivity contribution in [3.8, 4) is 0 Å². The van der Waals surface area contributed by atoms with Gasteiger partial charge in [-0.25, -0.2) is 9.48 Å².